The van der Waals surface area contributed by atoms with Gasteiger partial charge < -0.3 is 29.3 Å². The van der Waals surface area contributed by atoms with E-state index in [2.05, 4.69) is 0 Å². The molecule has 1 saturated heterocycles. The second-order valence-corrected chi connectivity index (χ2v) is 7.94. The molecule has 0 bridgehead atoms. The molecule has 0 unspecified atom stereocenters. The van der Waals surface area contributed by atoms with Crippen LogP contribution >= 0.6 is 0 Å². The van der Waals surface area contributed by atoms with E-state index in [1.54, 1.807) is 0 Å². The molecule has 0 aliphatic carbocycles. The molecule has 1 aromatic heterocycles. The summed E-state index contributed by atoms with van der Waals surface area (Å²) in [7, 11) is 3.64. The van der Waals surface area contributed by atoms with Gasteiger partial charge in [0.15, 0.2) is 12.8 Å². The van der Waals surface area contributed by atoms with E-state index in [1.165, 1.54) is 13.8 Å². The van der Waals surface area contributed by atoms with Gasteiger partial charge in [0.25, 0.3) is 11.4 Å². The molecule has 0 aromatic carbocycles. The van der Waals surface area contributed by atoms with Crippen molar-refractivity contribution in [3.05, 3.63) is 33.1 Å². The van der Waals surface area contributed by atoms with Crippen molar-refractivity contribution >= 4 is 12.1 Å². The smallest absolute Gasteiger partial charge is 0.425 e. The molecule has 0 saturated carbocycles. The molecular weight excluding hydrogens is 433 g/mol. The summed E-state index contributed by atoms with van der Waals surface area (Å²) in [6.07, 6.45) is -5.89. The highest BCUT2D eigenvalue weighted by atomic mass is 19.2. The van der Waals surface area contributed by atoms with Crippen molar-refractivity contribution in [3.8, 4) is 0 Å². The van der Waals surface area contributed by atoms with E-state index >= 15 is 4.39 Å². The number of carbonyl (C=O) groups is 2. The van der Waals surface area contributed by atoms with Crippen LogP contribution in [0.4, 0.5) is 9.18 Å². The number of nitrogens with zero attached hydrogens (tertiary/aromatic N) is 3. The maximum atomic E-state index is 15.1. The molecule has 0 amide bonds. The molecule has 13 heteroatoms. The van der Waals surface area contributed by atoms with Crippen LogP contribution in [0.1, 0.15) is 26.5 Å². The van der Waals surface area contributed by atoms with Crippen LogP contribution in [0.2, 0.25) is 0 Å². The number of carbonyl (C=O) groups excluding carboxylic acids is 2. The summed E-state index contributed by atoms with van der Waals surface area (Å²) in [6.45, 7) is 2.52. The predicted molar refractivity (Wildman–Crippen MR) is 107 cm³/mol. The average Bonchev–Trinajstić information content (AvgIpc) is 2.94. The first-order valence-electron chi connectivity index (χ1n) is 9.94. The van der Waals surface area contributed by atoms with Gasteiger partial charge in [-0.1, -0.05) is 13.8 Å². The topological polar surface area (TPSA) is 150 Å². The molecule has 4 atom stereocenters. The van der Waals surface area contributed by atoms with Crippen molar-refractivity contribution in [1.29, 1.82) is 0 Å². The lowest BCUT2D eigenvalue weighted by Gasteiger charge is -2.23. The number of esters is 1. The second kappa shape index (κ2) is 10.3. The molecule has 2 N–H and O–H groups in total. The predicted octanol–water partition coefficient (Wildman–Crippen LogP) is -0.938. The minimum absolute atomic E-state index is 0.0616. The molecule has 0 radical (unpaired) electrons. The van der Waals surface area contributed by atoms with Gasteiger partial charge in [0.05, 0.1) is 12.5 Å². The first kappa shape index (κ1) is 25.6. The lowest BCUT2D eigenvalue weighted by molar-refractivity contribution is -0.218. The summed E-state index contributed by atoms with van der Waals surface area (Å²) in [5, 5.41) is 20.3. The van der Waals surface area contributed by atoms with E-state index in [4.69, 9.17) is 14.2 Å². The Labute approximate surface area is 182 Å². The maximum absolute atomic E-state index is 15.1. The number of alkyl halides is 1. The van der Waals surface area contributed by atoms with Crippen molar-refractivity contribution in [2.24, 2.45) is 5.92 Å². The highest BCUT2D eigenvalue weighted by Crippen LogP contribution is 2.38. The fourth-order valence-corrected chi connectivity index (χ4v) is 2.89. The molecule has 1 aliphatic heterocycles. The summed E-state index contributed by atoms with van der Waals surface area (Å²) in [5.74, 6) is -4.37. The summed E-state index contributed by atoms with van der Waals surface area (Å²) in [6, 6.07) is 0.821. The molecule has 12 nitrogen and oxygen atoms in total. The zero-order valence-electron chi connectivity index (χ0n) is 18.3. The standard InChI is InChI=1S/C19H28FN3O9/c1-11(2)16(27)31-10-19(20)14(26)13(25)15(32-19)22-8-6-12(24)23(17(22)28)18(29)30-9-5-7-21(3)4/h6,8,11,13-15,25-26H,5,7,9-10H2,1-4H3/t13-,14+,15-,19-/m1/s1. The van der Waals surface area contributed by atoms with E-state index in [0.29, 0.717) is 17.5 Å². The number of hydrogen-bond acceptors (Lipinski definition) is 10. The van der Waals surface area contributed by atoms with Gasteiger partial charge in [-0.25, -0.2) is 14.0 Å². The largest absolute Gasteiger partial charge is 0.459 e. The lowest BCUT2D eigenvalue weighted by atomic mass is 10.1. The van der Waals surface area contributed by atoms with Crippen LogP contribution in [0.25, 0.3) is 0 Å². The molecule has 1 aromatic rings. The number of halogens is 1. The van der Waals surface area contributed by atoms with Gasteiger partial charge >= 0.3 is 17.8 Å². The molecule has 2 rings (SSSR count). The van der Waals surface area contributed by atoms with Crippen LogP contribution < -0.4 is 11.2 Å². The van der Waals surface area contributed by atoms with Gasteiger partial charge in [-0.05, 0) is 20.5 Å². The Bertz CT molecular complexity index is 945. The number of rotatable bonds is 8. The number of aliphatic hydroxyl groups is 2. The second-order valence-electron chi connectivity index (χ2n) is 7.94. The van der Waals surface area contributed by atoms with E-state index in [1.807, 2.05) is 19.0 Å². The fraction of sp³-hybridized carbons (Fsp3) is 0.684. The molecule has 1 fully saturated rings. The summed E-state index contributed by atoms with van der Waals surface area (Å²) in [5.41, 5.74) is -2.27. The molecule has 0 spiro atoms. The fourth-order valence-electron chi connectivity index (χ4n) is 2.89. The number of hydrogen-bond donors (Lipinski definition) is 2. The van der Waals surface area contributed by atoms with Gasteiger partial charge in [-0.15, -0.1) is 0 Å². The quantitative estimate of drug-likeness (QED) is 0.367. The number of ether oxygens (including phenoxy) is 3. The maximum Gasteiger partial charge on any atom is 0.425 e. The van der Waals surface area contributed by atoms with Crippen molar-refractivity contribution in [2.45, 2.75) is 44.6 Å². The Morgan fingerprint density at radius 3 is 2.53 bits per heavy atom. The number of aliphatic hydroxyl groups excluding tert-OH is 2. The van der Waals surface area contributed by atoms with E-state index in [0.717, 1.165) is 12.3 Å². The van der Waals surface area contributed by atoms with Crippen LogP contribution in [0.5, 0.6) is 0 Å². The van der Waals surface area contributed by atoms with E-state index < -0.39 is 60.1 Å². The Morgan fingerprint density at radius 2 is 1.94 bits per heavy atom. The Kier molecular flexibility index (Phi) is 8.29. The van der Waals surface area contributed by atoms with Crippen molar-refractivity contribution < 1.29 is 38.4 Å². The SMILES string of the molecule is CC(C)C(=O)OC[C@@]1(F)O[C@@H](n2ccc(=O)n(C(=O)OCCCN(C)C)c2=O)[C@H](O)[C@@H]1O. The molecular formula is C19H28FN3O9. The van der Waals surface area contributed by atoms with E-state index in [-0.39, 0.29) is 11.2 Å². The number of aromatic nitrogens is 2. The minimum Gasteiger partial charge on any atom is -0.459 e. The Balaban J connectivity index is 2.23. The first-order chi connectivity index (χ1) is 14.9. The van der Waals surface area contributed by atoms with Crippen LogP contribution in [-0.2, 0) is 19.0 Å². The molecule has 180 valence electrons. The highest BCUT2D eigenvalue weighted by Gasteiger charge is 2.57. The zero-order chi connectivity index (χ0) is 24.2. The normalized spacial score (nSPS) is 25.3. The van der Waals surface area contributed by atoms with Crippen molar-refractivity contribution in [1.82, 2.24) is 14.0 Å². The third-order valence-electron chi connectivity index (χ3n) is 4.70. The van der Waals surface area contributed by atoms with Crippen molar-refractivity contribution in [2.75, 3.05) is 33.9 Å². The van der Waals surface area contributed by atoms with E-state index in [9.17, 15) is 29.4 Å². The van der Waals surface area contributed by atoms with Crippen molar-refractivity contribution in [3.63, 3.8) is 0 Å². The van der Waals surface area contributed by atoms with Gasteiger partial charge in [0, 0.05) is 18.8 Å². The first-order valence-corrected chi connectivity index (χ1v) is 9.94. The minimum atomic E-state index is -3.03. The van der Waals surface area contributed by atoms with Crippen LogP contribution in [0.15, 0.2) is 21.9 Å². The molecule has 1 aliphatic rings. The lowest BCUT2D eigenvalue weighted by Crippen LogP contribution is -2.46. The zero-order valence-corrected chi connectivity index (χ0v) is 18.3. The van der Waals surface area contributed by atoms with Crippen LogP contribution in [-0.4, -0.2) is 88.2 Å². The Morgan fingerprint density at radius 1 is 1.28 bits per heavy atom. The van der Waals surface area contributed by atoms with Gasteiger partial charge in [0.2, 0.25) is 0 Å². The third-order valence-corrected chi connectivity index (χ3v) is 4.70. The highest BCUT2D eigenvalue weighted by molar-refractivity contribution is 5.71. The van der Waals surface area contributed by atoms with Gasteiger partial charge in [-0.3, -0.25) is 14.2 Å². The monoisotopic (exact) mass is 461 g/mol. The van der Waals surface area contributed by atoms with Crippen LogP contribution in [0.3, 0.4) is 0 Å². The van der Waals surface area contributed by atoms with Gasteiger partial charge in [-0.2, -0.15) is 4.57 Å². The average molecular weight is 461 g/mol. The third kappa shape index (κ3) is 5.59. The summed E-state index contributed by atoms with van der Waals surface area (Å²) in [4.78, 5) is 50.5. The van der Waals surface area contributed by atoms with Crippen LogP contribution in [0, 0.1) is 5.92 Å². The van der Waals surface area contributed by atoms with Gasteiger partial charge in [0.1, 0.15) is 12.2 Å². The Hall–Kier alpha value is -2.61. The summed E-state index contributed by atoms with van der Waals surface area (Å²) >= 11 is 0. The molecule has 32 heavy (non-hydrogen) atoms. The molecule has 2 heterocycles. The summed E-state index contributed by atoms with van der Waals surface area (Å²) < 4.78 is 30.5.